The normalized spacial score (nSPS) is 10.8. The first-order valence-corrected chi connectivity index (χ1v) is 11.2. The Morgan fingerprint density at radius 1 is 1.06 bits per heavy atom. The number of thiophene rings is 1. The van der Waals surface area contributed by atoms with Crippen LogP contribution in [0.25, 0.3) is 10.9 Å². The van der Waals surface area contributed by atoms with E-state index in [2.05, 4.69) is 15.6 Å². The summed E-state index contributed by atoms with van der Waals surface area (Å²) in [5.41, 5.74) is 0.870. The molecule has 4 rings (SSSR count). The smallest absolute Gasteiger partial charge is 0.266 e. The van der Waals surface area contributed by atoms with Gasteiger partial charge in [-0.2, -0.15) is 0 Å². The lowest BCUT2D eigenvalue weighted by molar-refractivity contribution is 0.0956. The van der Waals surface area contributed by atoms with Gasteiger partial charge in [-0.1, -0.05) is 6.07 Å². The zero-order valence-electron chi connectivity index (χ0n) is 18.2. The second-order valence-electron chi connectivity index (χ2n) is 7.38. The number of rotatable bonds is 6. The first-order chi connectivity index (χ1) is 16.3. The van der Waals surface area contributed by atoms with Crippen LogP contribution >= 0.6 is 11.3 Å². The van der Waals surface area contributed by atoms with Crippen LogP contribution in [0.4, 0.5) is 20.3 Å². The molecule has 0 aliphatic heterocycles. The molecule has 3 N–H and O–H groups in total. The van der Waals surface area contributed by atoms with Gasteiger partial charge in [0.2, 0.25) is 0 Å². The highest BCUT2D eigenvalue weighted by atomic mass is 32.1. The van der Waals surface area contributed by atoms with E-state index in [1.165, 1.54) is 23.3 Å². The van der Waals surface area contributed by atoms with Crippen LogP contribution in [-0.2, 0) is 0 Å². The molecule has 4 aromatic rings. The lowest BCUT2D eigenvalue weighted by atomic mass is 10.1. The minimum Gasteiger partial charge on any atom is -0.352 e. The third-order valence-corrected chi connectivity index (χ3v) is 6.05. The van der Waals surface area contributed by atoms with E-state index >= 15 is 0 Å². The molecule has 0 unspecified atom stereocenters. The van der Waals surface area contributed by atoms with Gasteiger partial charge in [0.15, 0.2) is 0 Å². The molecular weight excluding hydrogens is 462 g/mol. The minimum absolute atomic E-state index is 0.218. The molecule has 0 saturated heterocycles. The number of carbonyl (C=O) groups excluding carboxylic acids is 3. The SMILES string of the molecule is CCNC(=O)c1c(NC(=O)c2cccs2)[nH]c2cc(N(C)C(=O)c3ccc(F)cc3F)ccc12. The molecule has 10 heteroatoms. The van der Waals surface area contributed by atoms with Crippen LogP contribution < -0.4 is 15.5 Å². The number of carbonyl (C=O) groups is 3. The van der Waals surface area contributed by atoms with Crippen molar-refractivity contribution in [2.75, 3.05) is 23.8 Å². The van der Waals surface area contributed by atoms with Gasteiger partial charge in [0.25, 0.3) is 17.7 Å². The Hall–Kier alpha value is -4.05. The summed E-state index contributed by atoms with van der Waals surface area (Å²) >= 11 is 1.27. The van der Waals surface area contributed by atoms with Crippen molar-refractivity contribution in [3.63, 3.8) is 0 Å². The minimum atomic E-state index is -0.963. The molecule has 0 saturated carbocycles. The van der Waals surface area contributed by atoms with Crippen molar-refractivity contribution in [2.45, 2.75) is 6.92 Å². The number of H-pyrrole nitrogens is 1. The summed E-state index contributed by atoms with van der Waals surface area (Å²) in [4.78, 5) is 42.9. The second kappa shape index (κ2) is 9.44. The summed E-state index contributed by atoms with van der Waals surface area (Å²) in [6, 6.07) is 11.0. The van der Waals surface area contributed by atoms with Gasteiger partial charge in [-0.15, -0.1) is 11.3 Å². The molecule has 0 fully saturated rings. The molecule has 0 spiro atoms. The predicted octanol–water partition coefficient (Wildman–Crippen LogP) is 4.79. The quantitative estimate of drug-likeness (QED) is 0.369. The molecule has 7 nitrogen and oxygen atoms in total. The van der Waals surface area contributed by atoms with Crippen LogP contribution in [0.3, 0.4) is 0 Å². The van der Waals surface area contributed by atoms with Crippen LogP contribution in [0.1, 0.15) is 37.3 Å². The standard InChI is InChI=1S/C24H20F2N4O3S/c1-3-27-23(32)20-16-9-7-14(30(2)24(33)15-8-6-13(25)11-17(15)26)12-18(16)28-21(20)29-22(31)19-5-4-10-34-19/h4-12,28H,3H2,1-2H3,(H,27,32)(H,29,31). The molecule has 0 atom stereocenters. The Morgan fingerprint density at radius 3 is 2.53 bits per heavy atom. The Balaban J connectivity index is 1.72. The van der Waals surface area contributed by atoms with Gasteiger partial charge < -0.3 is 20.5 Å². The van der Waals surface area contributed by atoms with Gasteiger partial charge in [-0.25, -0.2) is 8.78 Å². The molecule has 2 aromatic carbocycles. The van der Waals surface area contributed by atoms with E-state index in [0.717, 1.165) is 12.1 Å². The fourth-order valence-electron chi connectivity index (χ4n) is 3.52. The molecule has 0 aliphatic rings. The van der Waals surface area contributed by atoms with Gasteiger partial charge in [-0.05, 0) is 48.7 Å². The monoisotopic (exact) mass is 482 g/mol. The topological polar surface area (TPSA) is 94.3 Å². The number of nitrogens with one attached hydrogen (secondary N) is 3. The van der Waals surface area contributed by atoms with Crippen LogP contribution in [0, 0.1) is 11.6 Å². The van der Waals surface area contributed by atoms with E-state index < -0.39 is 17.5 Å². The van der Waals surface area contributed by atoms with Crippen LogP contribution in [0.2, 0.25) is 0 Å². The van der Waals surface area contributed by atoms with E-state index in [9.17, 15) is 23.2 Å². The molecule has 174 valence electrons. The molecule has 2 heterocycles. The maximum absolute atomic E-state index is 14.1. The summed E-state index contributed by atoms with van der Waals surface area (Å²) in [7, 11) is 1.46. The summed E-state index contributed by atoms with van der Waals surface area (Å²) < 4.78 is 27.3. The van der Waals surface area contributed by atoms with Crippen molar-refractivity contribution < 1.29 is 23.2 Å². The fourth-order valence-corrected chi connectivity index (χ4v) is 4.14. The maximum atomic E-state index is 14.1. The summed E-state index contributed by atoms with van der Waals surface area (Å²) in [5, 5.41) is 7.78. The Kier molecular flexibility index (Phi) is 6.42. The van der Waals surface area contributed by atoms with Gasteiger partial charge in [0, 0.05) is 36.2 Å². The number of anilines is 2. The lowest BCUT2D eigenvalue weighted by Crippen LogP contribution is -2.27. The summed E-state index contributed by atoms with van der Waals surface area (Å²) in [5.74, 6) is -2.93. The highest BCUT2D eigenvalue weighted by molar-refractivity contribution is 7.12. The molecule has 0 bridgehead atoms. The zero-order chi connectivity index (χ0) is 24.4. The van der Waals surface area contributed by atoms with Crippen molar-refractivity contribution in [3.8, 4) is 0 Å². The first-order valence-electron chi connectivity index (χ1n) is 10.3. The van der Waals surface area contributed by atoms with Crippen LogP contribution in [-0.4, -0.2) is 36.3 Å². The molecule has 2 aromatic heterocycles. The third-order valence-electron chi connectivity index (χ3n) is 5.18. The number of hydrogen-bond acceptors (Lipinski definition) is 4. The maximum Gasteiger partial charge on any atom is 0.266 e. The summed E-state index contributed by atoms with van der Waals surface area (Å²) in [6.07, 6.45) is 0. The first kappa shape index (κ1) is 23.1. The van der Waals surface area contributed by atoms with E-state index in [4.69, 9.17) is 0 Å². The van der Waals surface area contributed by atoms with Crippen molar-refractivity contribution in [1.29, 1.82) is 0 Å². The van der Waals surface area contributed by atoms with Gasteiger partial charge >= 0.3 is 0 Å². The Labute approximate surface area is 197 Å². The average Bonchev–Trinajstić information content (AvgIpc) is 3.46. The Morgan fingerprint density at radius 2 is 1.85 bits per heavy atom. The van der Waals surface area contributed by atoms with E-state index in [-0.39, 0.29) is 28.8 Å². The molecule has 34 heavy (non-hydrogen) atoms. The fraction of sp³-hybridized carbons (Fsp3) is 0.125. The number of nitrogens with zero attached hydrogens (tertiary/aromatic N) is 1. The van der Waals surface area contributed by atoms with Crippen LogP contribution in [0.15, 0.2) is 53.9 Å². The van der Waals surface area contributed by atoms with Gasteiger partial charge in [0.1, 0.15) is 17.5 Å². The molecular formula is C24H20F2N4O3S. The largest absolute Gasteiger partial charge is 0.352 e. The molecule has 0 radical (unpaired) electrons. The zero-order valence-corrected chi connectivity index (χ0v) is 19.1. The molecule has 0 aliphatic carbocycles. The van der Waals surface area contributed by atoms with E-state index in [1.54, 1.807) is 42.6 Å². The second-order valence-corrected chi connectivity index (χ2v) is 8.33. The van der Waals surface area contributed by atoms with Gasteiger partial charge in [0.05, 0.1) is 16.0 Å². The number of hydrogen-bond donors (Lipinski definition) is 3. The van der Waals surface area contributed by atoms with Crippen LogP contribution in [0.5, 0.6) is 0 Å². The number of fused-ring (bicyclic) bond motifs is 1. The summed E-state index contributed by atoms with van der Waals surface area (Å²) in [6.45, 7) is 2.17. The van der Waals surface area contributed by atoms with Crippen molar-refractivity contribution in [1.82, 2.24) is 10.3 Å². The number of benzene rings is 2. The Bertz CT molecular complexity index is 1400. The number of aromatic nitrogens is 1. The molecule has 3 amide bonds. The lowest BCUT2D eigenvalue weighted by Gasteiger charge is -2.18. The highest BCUT2D eigenvalue weighted by Gasteiger charge is 2.23. The average molecular weight is 483 g/mol. The number of halogens is 2. The van der Waals surface area contributed by atoms with Gasteiger partial charge in [-0.3, -0.25) is 14.4 Å². The predicted molar refractivity (Wildman–Crippen MR) is 128 cm³/mol. The third kappa shape index (κ3) is 4.40. The number of aromatic amines is 1. The van der Waals surface area contributed by atoms with E-state index in [1.807, 2.05) is 0 Å². The van der Waals surface area contributed by atoms with Crippen molar-refractivity contribution >= 4 is 51.5 Å². The number of amides is 3. The van der Waals surface area contributed by atoms with E-state index in [0.29, 0.717) is 34.1 Å². The van der Waals surface area contributed by atoms with Crippen molar-refractivity contribution in [3.05, 3.63) is 81.5 Å². The highest BCUT2D eigenvalue weighted by Crippen LogP contribution is 2.31. The van der Waals surface area contributed by atoms with Crippen molar-refractivity contribution in [2.24, 2.45) is 0 Å².